The number of para-hydroxylation sites is 1. The lowest BCUT2D eigenvalue weighted by molar-refractivity contribution is 1.07. The van der Waals surface area contributed by atoms with Crippen molar-refractivity contribution < 1.29 is 0 Å². The maximum atomic E-state index is 5.04. The second-order valence-corrected chi connectivity index (χ2v) is 12.4. The lowest BCUT2D eigenvalue weighted by atomic mass is 9.93. The molecule has 0 bridgehead atoms. The van der Waals surface area contributed by atoms with E-state index in [9.17, 15) is 0 Å². The van der Waals surface area contributed by atoms with E-state index in [1.54, 1.807) is 0 Å². The largest absolute Gasteiger partial charge is 0.309 e. The van der Waals surface area contributed by atoms with Gasteiger partial charge in [-0.05, 0) is 45.1 Å². The number of nitrogens with zero attached hydrogens (tertiary/aromatic N) is 4. The lowest BCUT2D eigenvalue weighted by Crippen LogP contribution is -2.01. The van der Waals surface area contributed by atoms with Crippen molar-refractivity contribution in [2.45, 2.75) is 0 Å². The Labute approximate surface area is 282 Å². The van der Waals surface area contributed by atoms with Crippen LogP contribution in [0, 0.1) is 0 Å². The molecule has 228 valence electrons. The topological polar surface area (TPSA) is 43.6 Å². The summed E-state index contributed by atoms with van der Waals surface area (Å²) in [5.41, 5.74) is 6.24. The van der Waals surface area contributed by atoms with Crippen molar-refractivity contribution in [3.8, 4) is 39.9 Å². The van der Waals surface area contributed by atoms with Crippen LogP contribution in [-0.2, 0) is 0 Å². The molecule has 4 nitrogen and oxygen atoms in total. The van der Waals surface area contributed by atoms with Crippen molar-refractivity contribution in [3.05, 3.63) is 170 Å². The minimum absolute atomic E-state index is 0.636. The quantitative estimate of drug-likeness (QED) is 0.183. The molecule has 0 aliphatic carbocycles. The highest BCUT2D eigenvalue weighted by Crippen LogP contribution is 2.44. The van der Waals surface area contributed by atoms with Gasteiger partial charge in [0.05, 0.1) is 11.0 Å². The van der Waals surface area contributed by atoms with Crippen LogP contribution in [0.5, 0.6) is 0 Å². The van der Waals surface area contributed by atoms with E-state index in [1.165, 1.54) is 48.6 Å². The number of hydrogen-bond donors (Lipinski definition) is 0. The van der Waals surface area contributed by atoms with Crippen LogP contribution < -0.4 is 0 Å². The van der Waals surface area contributed by atoms with Gasteiger partial charge in [0, 0.05) is 38.5 Å². The van der Waals surface area contributed by atoms with Gasteiger partial charge in [-0.3, -0.25) is 0 Å². The molecular weight excluding hydrogens is 597 g/mol. The van der Waals surface area contributed by atoms with E-state index < -0.39 is 0 Å². The summed E-state index contributed by atoms with van der Waals surface area (Å²) in [6, 6.07) is 59.7. The van der Waals surface area contributed by atoms with E-state index in [1.807, 2.05) is 60.7 Å². The van der Waals surface area contributed by atoms with Crippen molar-refractivity contribution in [1.82, 2.24) is 19.5 Å². The lowest BCUT2D eigenvalue weighted by Gasteiger charge is -2.15. The number of hydrogen-bond acceptors (Lipinski definition) is 3. The first-order valence-electron chi connectivity index (χ1n) is 16.5. The molecule has 0 aliphatic heterocycles. The average molecular weight is 625 g/mol. The fraction of sp³-hybridized carbons (Fsp3) is 0. The Balaban J connectivity index is 1.28. The fourth-order valence-electron chi connectivity index (χ4n) is 7.44. The van der Waals surface area contributed by atoms with Gasteiger partial charge in [0.1, 0.15) is 0 Å². The Bertz CT molecular complexity index is 2820. The zero-order valence-corrected chi connectivity index (χ0v) is 26.5. The fourth-order valence-corrected chi connectivity index (χ4v) is 7.44. The van der Waals surface area contributed by atoms with E-state index in [0.717, 1.165) is 27.9 Å². The molecule has 2 aromatic heterocycles. The molecule has 0 saturated heterocycles. The summed E-state index contributed by atoms with van der Waals surface area (Å²) in [5, 5.41) is 10.0. The summed E-state index contributed by atoms with van der Waals surface area (Å²) in [5.74, 6) is 1.93. The van der Waals surface area contributed by atoms with E-state index in [-0.39, 0.29) is 0 Å². The zero-order valence-electron chi connectivity index (χ0n) is 26.5. The highest BCUT2D eigenvalue weighted by Gasteiger charge is 2.20. The van der Waals surface area contributed by atoms with Crippen molar-refractivity contribution >= 4 is 54.1 Å². The Morgan fingerprint density at radius 2 is 0.878 bits per heavy atom. The van der Waals surface area contributed by atoms with Gasteiger partial charge in [0.2, 0.25) is 0 Å². The van der Waals surface area contributed by atoms with Crippen molar-refractivity contribution in [2.75, 3.05) is 0 Å². The number of aromatic nitrogens is 4. The van der Waals surface area contributed by atoms with Crippen molar-refractivity contribution in [1.29, 1.82) is 0 Å². The average Bonchev–Trinajstić information content (AvgIpc) is 3.54. The summed E-state index contributed by atoms with van der Waals surface area (Å²) >= 11 is 0. The van der Waals surface area contributed by atoms with Gasteiger partial charge in [0.15, 0.2) is 17.5 Å². The first kappa shape index (κ1) is 27.5. The summed E-state index contributed by atoms with van der Waals surface area (Å²) in [6.07, 6.45) is 0. The highest BCUT2D eigenvalue weighted by molar-refractivity contribution is 6.36. The molecule has 2 heterocycles. The first-order chi connectivity index (χ1) is 24.3. The molecule has 10 rings (SSSR count). The van der Waals surface area contributed by atoms with Gasteiger partial charge in [-0.15, -0.1) is 0 Å². The third-order valence-corrected chi connectivity index (χ3v) is 9.59. The Kier molecular flexibility index (Phi) is 6.15. The Morgan fingerprint density at radius 3 is 1.57 bits per heavy atom. The second-order valence-electron chi connectivity index (χ2n) is 12.4. The normalized spacial score (nSPS) is 11.7. The standard InChI is InChI=1S/C45H28N4/c1-3-15-30(16-4-1)43-46-44(31-17-5-2-6-18-31)48-45(47-43)32-19-13-20-33(28-32)49-39-25-12-11-24-37(39)41-36-23-10-9-22-35(36)40-34-21-8-7-14-29(34)26-27-38(40)42(41)49/h1-28H. The molecule has 8 aromatic carbocycles. The number of rotatable bonds is 4. The summed E-state index contributed by atoms with van der Waals surface area (Å²) in [7, 11) is 0. The van der Waals surface area contributed by atoms with Crippen molar-refractivity contribution in [2.24, 2.45) is 0 Å². The maximum Gasteiger partial charge on any atom is 0.164 e. The van der Waals surface area contributed by atoms with Crippen LogP contribution in [0.4, 0.5) is 0 Å². The van der Waals surface area contributed by atoms with Crippen LogP contribution in [0.25, 0.3) is 94.0 Å². The van der Waals surface area contributed by atoms with Crippen LogP contribution in [0.2, 0.25) is 0 Å². The van der Waals surface area contributed by atoms with Crippen LogP contribution in [-0.4, -0.2) is 19.5 Å². The SMILES string of the molecule is c1ccc(-c2nc(-c3ccccc3)nc(-c3cccc(-n4c5ccccc5c5c6ccccc6c6c7ccccc7ccc6c54)c3)n2)cc1. The number of benzene rings is 8. The molecule has 0 saturated carbocycles. The van der Waals surface area contributed by atoms with E-state index >= 15 is 0 Å². The Morgan fingerprint density at radius 1 is 0.347 bits per heavy atom. The molecule has 0 amide bonds. The van der Waals surface area contributed by atoms with Crippen LogP contribution in [0.3, 0.4) is 0 Å². The molecule has 0 atom stereocenters. The van der Waals surface area contributed by atoms with Crippen LogP contribution in [0.1, 0.15) is 0 Å². The van der Waals surface area contributed by atoms with Crippen LogP contribution in [0.15, 0.2) is 170 Å². The van der Waals surface area contributed by atoms with Gasteiger partial charge in [-0.1, -0.05) is 152 Å². The molecule has 4 heteroatoms. The van der Waals surface area contributed by atoms with E-state index in [4.69, 9.17) is 15.0 Å². The summed E-state index contributed by atoms with van der Waals surface area (Å²) < 4.78 is 2.43. The van der Waals surface area contributed by atoms with Crippen molar-refractivity contribution in [3.63, 3.8) is 0 Å². The molecule has 0 fully saturated rings. The van der Waals surface area contributed by atoms with Gasteiger partial charge in [-0.2, -0.15) is 0 Å². The minimum atomic E-state index is 0.636. The number of fused-ring (bicyclic) bond motifs is 10. The minimum Gasteiger partial charge on any atom is -0.309 e. The zero-order chi connectivity index (χ0) is 32.3. The molecule has 10 aromatic rings. The Hall–Kier alpha value is -6.65. The smallest absolute Gasteiger partial charge is 0.164 e. The first-order valence-corrected chi connectivity index (χ1v) is 16.5. The summed E-state index contributed by atoms with van der Waals surface area (Å²) in [6.45, 7) is 0. The molecule has 0 radical (unpaired) electrons. The van der Waals surface area contributed by atoms with Gasteiger partial charge >= 0.3 is 0 Å². The van der Waals surface area contributed by atoms with E-state index in [0.29, 0.717) is 17.5 Å². The third-order valence-electron chi connectivity index (χ3n) is 9.59. The van der Waals surface area contributed by atoms with Gasteiger partial charge in [-0.25, -0.2) is 15.0 Å². The predicted octanol–water partition coefficient (Wildman–Crippen LogP) is 11.4. The predicted molar refractivity (Wildman–Crippen MR) is 203 cm³/mol. The third kappa shape index (κ3) is 4.35. The molecule has 0 unspecified atom stereocenters. The monoisotopic (exact) mass is 624 g/mol. The molecular formula is C45H28N4. The van der Waals surface area contributed by atoms with Crippen LogP contribution >= 0.6 is 0 Å². The molecule has 0 spiro atoms. The molecule has 49 heavy (non-hydrogen) atoms. The van der Waals surface area contributed by atoms with Gasteiger partial charge in [0.25, 0.3) is 0 Å². The highest BCUT2D eigenvalue weighted by atomic mass is 15.0. The van der Waals surface area contributed by atoms with Gasteiger partial charge < -0.3 is 4.57 Å². The second kappa shape index (κ2) is 11.0. The maximum absolute atomic E-state index is 5.04. The summed E-state index contributed by atoms with van der Waals surface area (Å²) in [4.78, 5) is 15.0. The molecule has 0 aliphatic rings. The molecule has 0 N–H and O–H groups in total. The van der Waals surface area contributed by atoms with E-state index in [2.05, 4.69) is 114 Å².